The van der Waals surface area contributed by atoms with Gasteiger partial charge in [0, 0.05) is 6.07 Å². The molecule has 4 N–H and O–H groups in total. The van der Waals surface area contributed by atoms with Crippen LogP contribution in [0.5, 0.6) is 0 Å². The summed E-state index contributed by atoms with van der Waals surface area (Å²) in [6.45, 7) is 1.39. The first-order valence-corrected chi connectivity index (χ1v) is 7.00. The standard InChI is InChI=1S/C7H7N3O4.C6H3Cl2NO2/c1-3-5(10(13)14)2-4(7(11)12)6(8)9-3;7-4-2-1-3(6(10)11)5(8)9-4/h2H,1H3,(H2,8,9)(H,11,12);1-2H,(H,10,11). The van der Waals surface area contributed by atoms with Gasteiger partial charge in [-0.1, -0.05) is 23.2 Å². The molecule has 12 heteroatoms. The van der Waals surface area contributed by atoms with Crippen LogP contribution < -0.4 is 5.73 Å². The molecule has 0 atom stereocenters. The van der Waals surface area contributed by atoms with Gasteiger partial charge in [0.1, 0.15) is 27.4 Å². The summed E-state index contributed by atoms with van der Waals surface area (Å²) in [6.07, 6.45) is 0. The second-order valence-corrected chi connectivity index (χ2v) is 5.11. The fraction of sp³-hybridized carbons (Fsp3) is 0.0769. The second kappa shape index (κ2) is 8.22. The van der Waals surface area contributed by atoms with Crippen molar-refractivity contribution in [2.24, 2.45) is 0 Å². The minimum absolute atomic E-state index is 0.0453. The number of pyridine rings is 2. The SMILES string of the molecule is Cc1nc(N)c(C(=O)O)cc1[N+](=O)[O-].O=C(O)c1ccc(Cl)nc1Cl. The van der Waals surface area contributed by atoms with E-state index in [1.807, 2.05) is 0 Å². The molecular formula is C13H10Cl2N4O6. The zero-order valence-corrected chi connectivity index (χ0v) is 13.9. The number of halogens is 2. The predicted molar refractivity (Wildman–Crippen MR) is 88.2 cm³/mol. The van der Waals surface area contributed by atoms with Gasteiger partial charge in [-0.25, -0.2) is 19.6 Å². The number of nitrogen functional groups attached to an aromatic ring is 1. The Morgan fingerprint density at radius 1 is 1.16 bits per heavy atom. The van der Waals surface area contributed by atoms with Crippen LogP contribution in [-0.2, 0) is 0 Å². The van der Waals surface area contributed by atoms with Gasteiger partial charge in [0.25, 0.3) is 5.69 Å². The molecule has 25 heavy (non-hydrogen) atoms. The van der Waals surface area contributed by atoms with Crippen LogP contribution >= 0.6 is 23.2 Å². The molecular weight excluding hydrogens is 379 g/mol. The number of nitrogens with zero attached hydrogens (tertiary/aromatic N) is 3. The van der Waals surface area contributed by atoms with E-state index in [0.29, 0.717) is 0 Å². The van der Waals surface area contributed by atoms with Crippen molar-refractivity contribution < 1.29 is 24.7 Å². The first-order chi connectivity index (χ1) is 11.5. The number of aromatic carboxylic acids is 2. The zero-order valence-electron chi connectivity index (χ0n) is 12.4. The monoisotopic (exact) mass is 388 g/mol. The number of hydrogen-bond donors (Lipinski definition) is 3. The van der Waals surface area contributed by atoms with E-state index in [-0.39, 0.29) is 38.6 Å². The molecule has 0 bridgehead atoms. The molecule has 0 aliphatic heterocycles. The van der Waals surface area contributed by atoms with Crippen LogP contribution in [0.3, 0.4) is 0 Å². The summed E-state index contributed by atoms with van der Waals surface area (Å²) in [6, 6.07) is 3.58. The van der Waals surface area contributed by atoms with E-state index >= 15 is 0 Å². The number of nitro groups is 1. The molecule has 2 rings (SSSR count). The maximum Gasteiger partial charge on any atom is 0.339 e. The number of carboxylic acids is 2. The van der Waals surface area contributed by atoms with Crippen LogP contribution in [0.2, 0.25) is 10.3 Å². The average molecular weight is 389 g/mol. The molecule has 2 heterocycles. The van der Waals surface area contributed by atoms with Gasteiger partial charge in [0.05, 0.1) is 10.5 Å². The number of anilines is 1. The molecule has 0 fully saturated rings. The average Bonchev–Trinajstić information content (AvgIpc) is 2.46. The van der Waals surface area contributed by atoms with Crippen molar-refractivity contribution in [1.82, 2.24) is 9.97 Å². The number of carbonyl (C=O) groups is 2. The van der Waals surface area contributed by atoms with Crippen LogP contribution in [0.4, 0.5) is 11.5 Å². The Labute approximate surface area is 150 Å². The van der Waals surface area contributed by atoms with Crippen LogP contribution in [-0.4, -0.2) is 37.0 Å². The summed E-state index contributed by atoms with van der Waals surface area (Å²) >= 11 is 10.9. The maximum absolute atomic E-state index is 10.6. The summed E-state index contributed by atoms with van der Waals surface area (Å²) in [7, 11) is 0. The normalized spacial score (nSPS) is 9.72. The Kier molecular flexibility index (Phi) is 6.60. The first kappa shape index (κ1) is 20.1. The number of rotatable bonds is 3. The van der Waals surface area contributed by atoms with Crippen molar-refractivity contribution in [3.8, 4) is 0 Å². The second-order valence-electron chi connectivity index (χ2n) is 4.37. The van der Waals surface area contributed by atoms with E-state index in [0.717, 1.165) is 6.07 Å². The lowest BCUT2D eigenvalue weighted by atomic mass is 10.2. The Morgan fingerprint density at radius 2 is 1.72 bits per heavy atom. The molecule has 0 aromatic carbocycles. The van der Waals surface area contributed by atoms with Gasteiger partial charge in [-0.05, 0) is 19.1 Å². The number of aryl methyl sites for hydroxylation is 1. The van der Waals surface area contributed by atoms with Crippen molar-refractivity contribution >= 4 is 46.6 Å². The van der Waals surface area contributed by atoms with Crippen molar-refractivity contribution in [3.63, 3.8) is 0 Å². The lowest BCUT2D eigenvalue weighted by Gasteiger charge is -2.01. The third kappa shape index (κ3) is 5.26. The maximum atomic E-state index is 10.6. The van der Waals surface area contributed by atoms with Crippen molar-refractivity contribution in [1.29, 1.82) is 0 Å². The van der Waals surface area contributed by atoms with E-state index < -0.39 is 16.9 Å². The largest absolute Gasteiger partial charge is 0.478 e. The highest BCUT2D eigenvalue weighted by Gasteiger charge is 2.19. The van der Waals surface area contributed by atoms with Crippen molar-refractivity contribution in [2.45, 2.75) is 6.92 Å². The molecule has 10 nitrogen and oxygen atoms in total. The third-order valence-electron chi connectivity index (χ3n) is 2.69. The van der Waals surface area contributed by atoms with Crippen LogP contribution in [0.15, 0.2) is 18.2 Å². The molecule has 0 radical (unpaired) electrons. The first-order valence-electron chi connectivity index (χ1n) is 6.24. The van der Waals surface area contributed by atoms with Crippen LogP contribution in [0, 0.1) is 17.0 Å². The Morgan fingerprint density at radius 3 is 2.16 bits per heavy atom. The van der Waals surface area contributed by atoms with E-state index in [4.69, 9.17) is 39.1 Å². The zero-order chi connectivity index (χ0) is 19.3. The summed E-state index contributed by atoms with van der Waals surface area (Å²) in [4.78, 5) is 37.8. The molecule has 0 spiro atoms. The predicted octanol–water partition coefficient (Wildman–Crippen LogP) is 2.67. The minimum atomic E-state index is -1.34. The van der Waals surface area contributed by atoms with Gasteiger partial charge in [0.15, 0.2) is 0 Å². The lowest BCUT2D eigenvalue weighted by Crippen LogP contribution is -2.07. The number of carboxylic acid groups (broad SMARTS) is 2. The number of aromatic nitrogens is 2. The highest BCUT2D eigenvalue weighted by molar-refractivity contribution is 6.34. The van der Waals surface area contributed by atoms with Gasteiger partial charge < -0.3 is 15.9 Å². The van der Waals surface area contributed by atoms with Gasteiger partial charge in [-0.3, -0.25) is 10.1 Å². The molecule has 2 aromatic heterocycles. The van der Waals surface area contributed by atoms with Crippen LogP contribution in [0.25, 0.3) is 0 Å². The highest BCUT2D eigenvalue weighted by Crippen LogP contribution is 2.21. The van der Waals surface area contributed by atoms with Crippen LogP contribution in [0.1, 0.15) is 26.4 Å². The topological polar surface area (TPSA) is 170 Å². The molecule has 0 aliphatic rings. The van der Waals surface area contributed by atoms with E-state index in [9.17, 15) is 19.7 Å². The summed E-state index contributed by atoms with van der Waals surface area (Å²) in [5.74, 6) is -2.67. The van der Waals surface area contributed by atoms with Gasteiger partial charge in [-0.15, -0.1) is 0 Å². The highest BCUT2D eigenvalue weighted by atomic mass is 35.5. The fourth-order valence-electron chi connectivity index (χ4n) is 1.54. The Hall–Kier alpha value is -2.98. The summed E-state index contributed by atoms with van der Waals surface area (Å²) in [5, 5.41) is 27.6. The van der Waals surface area contributed by atoms with E-state index in [1.54, 1.807) is 0 Å². The van der Waals surface area contributed by atoms with Crippen molar-refractivity contribution in [3.05, 3.63) is 55.4 Å². The number of hydrogen-bond acceptors (Lipinski definition) is 7. The fourth-order valence-corrected chi connectivity index (χ4v) is 1.97. The van der Waals surface area contributed by atoms with E-state index in [2.05, 4.69) is 9.97 Å². The molecule has 0 unspecified atom stereocenters. The summed E-state index contributed by atoms with van der Waals surface area (Å²) in [5.41, 5.74) is 4.62. The molecule has 0 aliphatic carbocycles. The molecule has 0 amide bonds. The quantitative estimate of drug-likeness (QED) is 0.406. The lowest BCUT2D eigenvalue weighted by molar-refractivity contribution is -0.385. The molecule has 0 saturated heterocycles. The summed E-state index contributed by atoms with van der Waals surface area (Å²) < 4.78 is 0. The molecule has 132 valence electrons. The number of nitrogens with two attached hydrogens (primary N) is 1. The Balaban J connectivity index is 0.000000257. The van der Waals surface area contributed by atoms with Gasteiger partial charge >= 0.3 is 11.9 Å². The van der Waals surface area contributed by atoms with Gasteiger partial charge in [0.2, 0.25) is 0 Å². The minimum Gasteiger partial charge on any atom is -0.478 e. The van der Waals surface area contributed by atoms with Crippen molar-refractivity contribution in [2.75, 3.05) is 5.73 Å². The molecule has 0 saturated carbocycles. The Bertz CT molecular complexity index is 823. The van der Waals surface area contributed by atoms with E-state index in [1.165, 1.54) is 19.1 Å². The third-order valence-corrected chi connectivity index (χ3v) is 3.19. The molecule has 2 aromatic rings. The van der Waals surface area contributed by atoms with Gasteiger partial charge in [-0.2, -0.15) is 0 Å². The smallest absolute Gasteiger partial charge is 0.339 e.